The Labute approximate surface area is 90.0 Å². The van der Waals surface area contributed by atoms with E-state index in [0.29, 0.717) is 6.07 Å². The van der Waals surface area contributed by atoms with Gasteiger partial charge in [0, 0.05) is 0 Å². The minimum absolute atomic E-state index is 0.0636. The number of hydrogen-bond acceptors (Lipinski definition) is 4. The van der Waals surface area contributed by atoms with Crippen LogP contribution in [0.1, 0.15) is 10.4 Å². The van der Waals surface area contributed by atoms with Gasteiger partial charge in [0.05, 0.1) is 12.7 Å². The second kappa shape index (κ2) is 4.57. The first-order valence-electron chi connectivity index (χ1n) is 4.15. The maximum atomic E-state index is 12.6. The number of rotatable bonds is 3. The average Bonchev–Trinajstić information content (AvgIpc) is 2.28. The SMILES string of the molecule is COC(=O)c1cccc(OC(F)(F)C#N)c1. The lowest BCUT2D eigenvalue weighted by molar-refractivity contribution is -0.124. The molecular formula is C10H7F2NO3. The van der Waals surface area contributed by atoms with Crippen molar-refractivity contribution in [2.45, 2.75) is 6.11 Å². The van der Waals surface area contributed by atoms with Gasteiger partial charge in [-0.25, -0.2) is 4.79 Å². The average molecular weight is 227 g/mol. The molecule has 1 rings (SSSR count). The topological polar surface area (TPSA) is 59.3 Å². The van der Waals surface area contributed by atoms with Crippen molar-refractivity contribution in [1.82, 2.24) is 0 Å². The molecule has 0 unspecified atom stereocenters. The van der Waals surface area contributed by atoms with Gasteiger partial charge in [-0.2, -0.15) is 5.26 Å². The number of nitriles is 1. The molecule has 0 aliphatic rings. The number of halogens is 2. The summed E-state index contributed by atoms with van der Waals surface area (Å²) in [5.74, 6) is -0.958. The van der Waals surface area contributed by atoms with E-state index >= 15 is 0 Å². The summed E-state index contributed by atoms with van der Waals surface area (Å²) in [4.78, 5) is 11.1. The number of carbonyl (C=O) groups excluding carboxylic acids is 1. The smallest absolute Gasteiger partial charge is 0.465 e. The number of alkyl halides is 2. The van der Waals surface area contributed by atoms with Crippen molar-refractivity contribution in [3.63, 3.8) is 0 Å². The Balaban J connectivity index is 2.92. The molecule has 1 aromatic rings. The quantitative estimate of drug-likeness (QED) is 0.740. The summed E-state index contributed by atoms with van der Waals surface area (Å²) in [5.41, 5.74) is 0.0636. The molecule has 6 heteroatoms. The van der Waals surface area contributed by atoms with Crippen molar-refractivity contribution in [3.8, 4) is 11.8 Å². The van der Waals surface area contributed by atoms with Crippen LogP contribution in [0, 0.1) is 11.3 Å². The number of methoxy groups -OCH3 is 1. The van der Waals surface area contributed by atoms with Gasteiger partial charge in [0.15, 0.2) is 6.07 Å². The minimum Gasteiger partial charge on any atom is -0.465 e. The molecule has 0 bridgehead atoms. The second-order valence-electron chi connectivity index (χ2n) is 2.75. The fourth-order valence-corrected chi connectivity index (χ4v) is 0.975. The van der Waals surface area contributed by atoms with Crippen LogP contribution < -0.4 is 4.74 Å². The molecule has 84 valence electrons. The number of ether oxygens (including phenoxy) is 2. The fraction of sp³-hybridized carbons (Fsp3) is 0.200. The third-order valence-corrected chi connectivity index (χ3v) is 1.63. The van der Waals surface area contributed by atoms with Crippen molar-refractivity contribution in [2.75, 3.05) is 7.11 Å². The number of benzene rings is 1. The highest BCUT2D eigenvalue weighted by molar-refractivity contribution is 5.89. The van der Waals surface area contributed by atoms with Crippen LogP contribution in [-0.2, 0) is 4.74 Å². The molecule has 0 heterocycles. The van der Waals surface area contributed by atoms with Gasteiger partial charge in [-0.1, -0.05) is 6.07 Å². The highest BCUT2D eigenvalue weighted by Crippen LogP contribution is 2.21. The molecule has 0 amide bonds. The van der Waals surface area contributed by atoms with Gasteiger partial charge < -0.3 is 9.47 Å². The van der Waals surface area contributed by atoms with Crippen LogP contribution in [0.15, 0.2) is 24.3 Å². The van der Waals surface area contributed by atoms with E-state index in [9.17, 15) is 13.6 Å². The van der Waals surface area contributed by atoms with Crippen LogP contribution in [0.4, 0.5) is 8.78 Å². The Hall–Kier alpha value is -2.16. The summed E-state index contributed by atoms with van der Waals surface area (Å²) in [5, 5.41) is 8.06. The Morgan fingerprint density at radius 3 is 2.75 bits per heavy atom. The van der Waals surface area contributed by atoms with Gasteiger partial charge in [-0.3, -0.25) is 0 Å². The first-order valence-corrected chi connectivity index (χ1v) is 4.15. The lowest BCUT2D eigenvalue weighted by atomic mass is 10.2. The van der Waals surface area contributed by atoms with E-state index in [0.717, 1.165) is 6.07 Å². The maximum Gasteiger partial charge on any atom is 0.494 e. The fourth-order valence-electron chi connectivity index (χ4n) is 0.975. The van der Waals surface area contributed by atoms with E-state index in [-0.39, 0.29) is 11.3 Å². The molecule has 1 aromatic carbocycles. The summed E-state index contributed by atoms with van der Waals surface area (Å²) in [7, 11) is 1.17. The summed E-state index contributed by atoms with van der Waals surface area (Å²) >= 11 is 0. The summed E-state index contributed by atoms with van der Waals surface area (Å²) < 4.78 is 33.6. The first kappa shape index (κ1) is 11.9. The predicted octanol–water partition coefficient (Wildman–Crippen LogP) is 1.97. The molecular weight excluding hydrogens is 220 g/mol. The van der Waals surface area contributed by atoms with Crippen LogP contribution in [0.5, 0.6) is 5.75 Å². The molecule has 0 saturated carbocycles. The standard InChI is InChI=1S/C10H7F2NO3/c1-15-9(14)7-3-2-4-8(5-7)16-10(11,12)6-13/h2-5H,1H3. The Morgan fingerprint density at radius 2 is 2.19 bits per heavy atom. The zero-order chi connectivity index (χ0) is 12.2. The van der Waals surface area contributed by atoms with Crippen LogP contribution in [0.2, 0.25) is 0 Å². The van der Waals surface area contributed by atoms with Gasteiger partial charge in [0.25, 0.3) is 0 Å². The van der Waals surface area contributed by atoms with Crippen LogP contribution in [0.25, 0.3) is 0 Å². The monoisotopic (exact) mass is 227 g/mol. The van der Waals surface area contributed by atoms with Crippen LogP contribution in [-0.4, -0.2) is 19.2 Å². The predicted molar refractivity (Wildman–Crippen MR) is 49.0 cm³/mol. The Morgan fingerprint density at radius 1 is 1.50 bits per heavy atom. The normalized spacial score (nSPS) is 10.4. The van der Waals surface area contributed by atoms with Crippen molar-refractivity contribution in [2.24, 2.45) is 0 Å². The van der Waals surface area contributed by atoms with E-state index in [4.69, 9.17) is 5.26 Å². The van der Waals surface area contributed by atoms with E-state index in [1.165, 1.54) is 25.3 Å². The highest BCUT2D eigenvalue weighted by Gasteiger charge is 2.31. The van der Waals surface area contributed by atoms with Gasteiger partial charge in [-0.15, -0.1) is 8.78 Å². The number of hydrogen-bond donors (Lipinski definition) is 0. The highest BCUT2D eigenvalue weighted by atomic mass is 19.3. The van der Waals surface area contributed by atoms with E-state index in [2.05, 4.69) is 9.47 Å². The second-order valence-corrected chi connectivity index (χ2v) is 2.75. The van der Waals surface area contributed by atoms with Crippen LogP contribution in [0.3, 0.4) is 0 Å². The molecule has 0 spiro atoms. The third-order valence-electron chi connectivity index (χ3n) is 1.63. The molecule has 0 radical (unpaired) electrons. The molecule has 4 nitrogen and oxygen atoms in total. The summed E-state index contributed by atoms with van der Waals surface area (Å²) in [6.07, 6.45) is -3.92. The van der Waals surface area contributed by atoms with Crippen molar-refractivity contribution >= 4 is 5.97 Å². The Bertz CT molecular complexity index is 440. The zero-order valence-corrected chi connectivity index (χ0v) is 8.24. The first-order chi connectivity index (χ1) is 7.48. The molecule has 16 heavy (non-hydrogen) atoms. The summed E-state index contributed by atoms with van der Waals surface area (Å²) in [6, 6.07) is 5.67. The lowest BCUT2D eigenvalue weighted by Crippen LogP contribution is -2.21. The lowest BCUT2D eigenvalue weighted by Gasteiger charge is -2.10. The van der Waals surface area contributed by atoms with Crippen LogP contribution >= 0.6 is 0 Å². The zero-order valence-electron chi connectivity index (χ0n) is 8.24. The Kier molecular flexibility index (Phi) is 3.40. The van der Waals surface area contributed by atoms with E-state index in [1.807, 2.05) is 0 Å². The van der Waals surface area contributed by atoms with E-state index in [1.54, 1.807) is 0 Å². The van der Waals surface area contributed by atoms with Crippen molar-refractivity contribution in [1.29, 1.82) is 5.26 Å². The molecule has 0 aliphatic carbocycles. The van der Waals surface area contributed by atoms with Crippen molar-refractivity contribution in [3.05, 3.63) is 29.8 Å². The molecule has 0 aromatic heterocycles. The minimum atomic E-state index is -3.92. The largest absolute Gasteiger partial charge is 0.494 e. The molecule has 0 N–H and O–H groups in total. The molecule has 0 fully saturated rings. The van der Waals surface area contributed by atoms with E-state index < -0.39 is 12.1 Å². The number of nitrogens with zero attached hydrogens (tertiary/aromatic N) is 1. The number of carbonyl (C=O) groups is 1. The van der Waals surface area contributed by atoms with Gasteiger partial charge in [0.2, 0.25) is 0 Å². The van der Waals surface area contributed by atoms with Gasteiger partial charge in [0.1, 0.15) is 5.75 Å². The van der Waals surface area contributed by atoms with Crippen molar-refractivity contribution < 1.29 is 23.0 Å². The molecule has 0 atom stereocenters. The van der Waals surface area contributed by atoms with Gasteiger partial charge in [-0.05, 0) is 18.2 Å². The van der Waals surface area contributed by atoms with Gasteiger partial charge >= 0.3 is 12.1 Å². The molecule has 0 saturated heterocycles. The summed E-state index contributed by atoms with van der Waals surface area (Å²) in [6.45, 7) is 0. The third kappa shape index (κ3) is 2.92. The molecule has 0 aliphatic heterocycles. The maximum absolute atomic E-state index is 12.6. The number of esters is 1.